The molecule has 0 fully saturated rings. The number of hydrogen-bond acceptors (Lipinski definition) is 2. The summed E-state index contributed by atoms with van der Waals surface area (Å²) in [6.45, 7) is 0.281. The Hall–Kier alpha value is -3.90. The fourth-order valence-corrected chi connectivity index (χ4v) is 5.96. The van der Waals surface area contributed by atoms with E-state index in [1.807, 2.05) is 91.0 Å². The van der Waals surface area contributed by atoms with Crippen molar-refractivity contribution in [3.63, 3.8) is 0 Å². The average Bonchev–Trinajstić information content (AvgIpc) is 3.34. The Balaban J connectivity index is 1.45. The van der Waals surface area contributed by atoms with Crippen LogP contribution < -0.4 is 5.32 Å². The van der Waals surface area contributed by atoms with E-state index in [9.17, 15) is 18.0 Å². The Bertz CT molecular complexity index is 1420. The molecule has 0 saturated heterocycles. The monoisotopic (exact) mass is 529 g/mol. The summed E-state index contributed by atoms with van der Waals surface area (Å²) in [5.74, 6) is -0.569. The van der Waals surface area contributed by atoms with E-state index in [1.54, 1.807) is 11.3 Å². The number of hydrogen-bond donors (Lipinski definition) is 1. The summed E-state index contributed by atoms with van der Waals surface area (Å²) in [5.41, 5.74) is 2.10. The molecule has 1 aromatic heterocycles. The van der Waals surface area contributed by atoms with E-state index in [4.69, 9.17) is 0 Å². The number of fused-ring (bicyclic) bond motifs is 1. The van der Waals surface area contributed by atoms with Crippen LogP contribution in [0.15, 0.2) is 115 Å². The molecule has 0 aliphatic rings. The molecule has 4 aromatic carbocycles. The van der Waals surface area contributed by atoms with E-state index in [0.717, 1.165) is 43.8 Å². The Kier molecular flexibility index (Phi) is 7.61. The van der Waals surface area contributed by atoms with Gasteiger partial charge in [0, 0.05) is 28.0 Å². The van der Waals surface area contributed by atoms with Crippen molar-refractivity contribution < 1.29 is 18.0 Å². The third kappa shape index (κ3) is 5.97. The number of benzene rings is 4. The lowest BCUT2D eigenvalue weighted by Crippen LogP contribution is -2.32. The summed E-state index contributed by atoms with van der Waals surface area (Å²) in [4.78, 5) is 14.0. The Labute approximate surface area is 223 Å². The highest BCUT2D eigenvalue weighted by Gasteiger charge is 2.32. The first-order chi connectivity index (χ1) is 18.4. The van der Waals surface area contributed by atoms with Crippen molar-refractivity contribution >= 4 is 27.3 Å². The van der Waals surface area contributed by atoms with Gasteiger partial charge in [-0.15, -0.1) is 11.3 Å². The first-order valence-corrected chi connectivity index (χ1v) is 13.2. The maximum atomic E-state index is 13.3. The summed E-state index contributed by atoms with van der Waals surface area (Å²) >= 11 is 1.59. The first kappa shape index (κ1) is 25.7. The summed E-state index contributed by atoms with van der Waals surface area (Å²) in [5, 5.41) is 4.19. The minimum absolute atomic E-state index is 0.117. The van der Waals surface area contributed by atoms with Crippen molar-refractivity contribution in [3.8, 4) is 0 Å². The normalized spacial score (nSPS) is 12.5. The minimum atomic E-state index is -4.41. The van der Waals surface area contributed by atoms with Crippen LogP contribution in [0.1, 0.15) is 39.0 Å². The molecule has 0 saturated carbocycles. The number of carbonyl (C=O) groups is 1. The molecule has 1 unspecified atom stereocenters. The summed E-state index contributed by atoms with van der Waals surface area (Å²) in [7, 11) is 0. The highest BCUT2D eigenvalue weighted by atomic mass is 32.1. The van der Waals surface area contributed by atoms with Gasteiger partial charge < -0.3 is 5.32 Å². The number of rotatable bonds is 8. The van der Waals surface area contributed by atoms with Crippen molar-refractivity contribution in [1.29, 1.82) is 0 Å². The fourth-order valence-electron chi connectivity index (χ4n) is 4.89. The fraction of sp³-hybridized carbons (Fsp3) is 0.156. The van der Waals surface area contributed by atoms with Crippen LogP contribution >= 0.6 is 11.3 Å². The third-order valence-corrected chi connectivity index (χ3v) is 7.83. The summed E-state index contributed by atoms with van der Waals surface area (Å²) in [6, 6.07) is 35.1. The number of alkyl halides is 3. The van der Waals surface area contributed by atoms with Crippen molar-refractivity contribution in [2.45, 2.75) is 24.4 Å². The smallest absolute Gasteiger partial charge is 0.355 e. The van der Waals surface area contributed by atoms with Crippen molar-refractivity contribution in [2.24, 2.45) is 0 Å². The predicted molar refractivity (Wildman–Crippen MR) is 147 cm³/mol. The molecule has 0 aliphatic carbocycles. The van der Waals surface area contributed by atoms with E-state index in [-0.39, 0.29) is 30.7 Å². The zero-order valence-corrected chi connectivity index (χ0v) is 21.3. The lowest BCUT2D eigenvalue weighted by atomic mass is 9.77. The van der Waals surface area contributed by atoms with E-state index >= 15 is 0 Å². The van der Waals surface area contributed by atoms with Crippen LogP contribution in [0.5, 0.6) is 0 Å². The van der Waals surface area contributed by atoms with Gasteiger partial charge in [-0.1, -0.05) is 91.0 Å². The maximum absolute atomic E-state index is 13.3. The van der Waals surface area contributed by atoms with Crippen LogP contribution in [0.2, 0.25) is 0 Å². The molecular weight excluding hydrogens is 503 g/mol. The highest BCUT2D eigenvalue weighted by molar-refractivity contribution is 7.19. The number of amides is 1. The van der Waals surface area contributed by atoms with E-state index in [2.05, 4.69) is 5.32 Å². The van der Waals surface area contributed by atoms with E-state index in [0.29, 0.717) is 0 Å². The summed E-state index contributed by atoms with van der Waals surface area (Å²) in [6.07, 6.45) is -4.16. The second-order valence-electron chi connectivity index (χ2n) is 9.26. The molecule has 0 radical (unpaired) electrons. The zero-order chi connectivity index (χ0) is 26.5. The average molecular weight is 530 g/mol. The van der Waals surface area contributed by atoms with Crippen LogP contribution in [0.25, 0.3) is 10.1 Å². The Morgan fingerprint density at radius 1 is 0.737 bits per heavy atom. The molecule has 0 bridgehead atoms. The van der Waals surface area contributed by atoms with Gasteiger partial charge in [-0.05, 0) is 46.3 Å². The molecule has 0 spiro atoms. The van der Waals surface area contributed by atoms with Crippen molar-refractivity contribution in [1.82, 2.24) is 5.32 Å². The third-order valence-electron chi connectivity index (χ3n) is 6.72. The van der Waals surface area contributed by atoms with Crippen molar-refractivity contribution in [2.75, 3.05) is 6.54 Å². The second kappa shape index (κ2) is 11.2. The van der Waals surface area contributed by atoms with Crippen LogP contribution in [0, 0.1) is 0 Å². The molecular formula is C32H26F3NOS. The first-order valence-electron chi connectivity index (χ1n) is 12.4. The minimum Gasteiger partial charge on any atom is -0.355 e. The predicted octanol–water partition coefficient (Wildman–Crippen LogP) is 8.19. The topological polar surface area (TPSA) is 29.1 Å². The van der Waals surface area contributed by atoms with E-state index < -0.39 is 11.7 Å². The zero-order valence-electron chi connectivity index (χ0n) is 20.5. The van der Waals surface area contributed by atoms with Crippen molar-refractivity contribution in [3.05, 3.63) is 142 Å². The van der Waals surface area contributed by atoms with E-state index in [1.165, 1.54) is 12.1 Å². The highest BCUT2D eigenvalue weighted by Crippen LogP contribution is 2.39. The molecule has 1 atom stereocenters. The lowest BCUT2D eigenvalue weighted by molar-refractivity contribution is -0.137. The molecule has 0 aliphatic heterocycles. The standard InChI is InChI=1S/C32H26F3NOS/c33-32(34,35)26-17-15-22(16-18-26)28(31(23-9-3-1-4-10-23)24-11-5-2-6-12-24)21-36-30(37)20-27-19-25-13-7-8-14-29(25)38-27/h1-19,28,31H,20-21H2,(H,36,37). The molecule has 5 aromatic rings. The Morgan fingerprint density at radius 2 is 1.32 bits per heavy atom. The molecule has 192 valence electrons. The van der Waals surface area contributed by atoms with Gasteiger partial charge in [0.1, 0.15) is 0 Å². The Morgan fingerprint density at radius 3 is 1.89 bits per heavy atom. The largest absolute Gasteiger partial charge is 0.416 e. The molecule has 6 heteroatoms. The maximum Gasteiger partial charge on any atom is 0.416 e. The van der Waals surface area contributed by atoms with Gasteiger partial charge in [0.15, 0.2) is 0 Å². The van der Waals surface area contributed by atoms with Gasteiger partial charge in [-0.2, -0.15) is 13.2 Å². The molecule has 2 nitrogen and oxygen atoms in total. The van der Waals surface area contributed by atoms with Gasteiger partial charge in [-0.3, -0.25) is 4.79 Å². The van der Waals surface area contributed by atoms with Gasteiger partial charge >= 0.3 is 6.18 Å². The van der Waals surface area contributed by atoms with Gasteiger partial charge in [0.2, 0.25) is 5.91 Å². The number of halogens is 3. The van der Waals surface area contributed by atoms with Crippen LogP contribution in [0.3, 0.4) is 0 Å². The van der Waals surface area contributed by atoms with Gasteiger partial charge in [-0.25, -0.2) is 0 Å². The van der Waals surface area contributed by atoms with Crippen LogP contribution in [-0.2, 0) is 17.4 Å². The molecule has 1 heterocycles. The van der Waals surface area contributed by atoms with Crippen LogP contribution in [-0.4, -0.2) is 12.5 Å². The quantitative estimate of drug-likeness (QED) is 0.216. The summed E-state index contributed by atoms with van der Waals surface area (Å²) < 4.78 is 41.0. The SMILES string of the molecule is O=C(Cc1cc2ccccc2s1)NCC(c1ccc(C(F)(F)F)cc1)C(c1ccccc1)c1ccccc1. The number of nitrogens with one attached hydrogen (secondary N) is 1. The molecule has 5 rings (SSSR count). The number of carbonyl (C=O) groups excluding carboxylic acids is 1. The molecule has 1 N–H and O–H groups in total. The van der Waals surface area contributed by atoms with Gasteiger partial charge in [0.25, 0.3) is 0 Å². The lowest BCUT2D eigenvalue weighted by Gasteiger charge is -2.29. The van der Waals surface area contributed by atoms with Crippen LogP contribution in [0.4, 0.5) is 13.2 Å². The van der Waals surface area contributed by atoms with Gasteiger partial charge in [0.05, 0.1) is 12.0 Å². The second-order valence-corrected chi connectivity index (χ2v) is 10.4. The number of thiophene rings is 1. The molecule has 1 amide bonds. The molecule has 38 heavy (non-hydrogen) atoms.